The smallest absolute Gasteiger partial charge is 0.241 e. The van der Waals surface area contributed by atoms with Crippen LogP contribution >= 0.6 is 0 Å². The van der Waals surface area contributed by atoms with Gasteiger partial charge >= 0.3 is 0 Å². The van der Waals surface area contributed by atoms with Gasteiger partial charge in [-0.2, -0.15) is 0 Å². The van der Waals surface area contributed by atoms with Gasteiger partial charge in [-0.25, -0.2) is 4.98 Å². The van der Waals surface area contributed by atoms with Gasteiger partial charge in [0.2, 0.25) is 11.8 Å². The van der Waals surface area contributed by atoms with E-state index >= 15 is 0 Å². The number of aromatic nitrogens is 1. The van der Waals surface area contributed by atoms with Crippen LogP contribution in [0.5, 0.6) is 0 Å². The van der Waals surface area contributed by atoms with Crippen LogP contribution in [-0.2, 0) is 10.2 Å². The fraction of sp³-hybridized carbons (Fsp3) is 0.500. The fourth-order valence-corrected chi connectivity index (χ4v) is 2.46. The van der Waals surface area contributed by atoms with Crippen molar-refractivity contribution < 1.29 is 9.21 Å². The van der Waals surface area contributed by atoms with Crippen molar-refractivity contribution in [2.24, 2.45) is 0 Å². The number of nitrogens with one attached hydrogen (secondary N) is 2. The SMILES string of the molecule is CC(C)(C)c1nc2cc(NC(=O)C3CCCN3)ccc2o1. The number of carbonyl (C=O) groups is 1. The summed E-state index contributed by atoms with van der Waals surface area (Å²) in [4.78, 5) is 16.6. The highest BCUT2D eigenvalue weighted by Crippen LogP contribution is 2.27. The number of anilines is 1. The zero-order valence-electron chi connectivity index (χ0n) is 12.7. The van der Waals surface area contributed by atoms with E-state index in [9.17, 15) is 4.79 Å². The molecule has 1 aromatic heterocycles. The van der Waals surface area contributed by atoms with Gasteiger partial charge in [0.1, 0.15) is 5.52 Å². The maximum Gasteiger partial charge on any atom is 0.241 e. The molecule has 1 aliphatic rings. The largest absolute Gasteiger partial charge is 0.440 e. The summed E-state index contributed by atoms with van der Waals surface area (Å²) in [6, 6.07) is 5.49. The van der Waals surface area contributed by atoms with Crippen LogP contribution in [0, 0.1) is 0 Å². The molecule has 0 spiro atoms. The van der Waals surface area contributed by atoms with Crippen LogP contribution in [0.2, 0.25) is 0 Å². The predicted molar refractivity (Wildman–Crippen MR) is 82.4 cm³/mol. The zero-order valence-corrected chi connectivity index (χ0v) is 12.7. The lowest BCUT2D eigenvalue weighted by molar-refractivity contribution is -0.117. The Bertz CT molecular complexity index is 664. The van der Waals surface area contributed by atoms with Gasteiger partial charge in [0.25, 0.3) is 0 Å². The van der Waals surface area contributed by atoms with Gasteiger partial charge in [0.05, 0.1) is 6.04 Å². The summed E-state index contributed by atoms with van der Waals surface area (Å²) in [5, 5.41) is 6.13. The lowest BCUT2D eigenvalue weighted by Gasteiger charge is -2.11. The highest BCUT2D eigenvalue weighted by molar-refractivity contribution is 5.96. The number of hydrogen-bond acceptors (Lipinski definition) is 4. The van der Waals surface area contributed by atoms with Crippen molar-refractivity contribution in [2.45, 2.75) is 45.1 Å². The van der Waals surface area contributed by atoms with Crippen LogP contribution in [-0.4, -0.2) is 23.5 Å². The Labute approximate surface area is 124 Å². The summed E-state index contributed by atoms with van der Waals surface area (Å²) in [5.74, 6) is 0.727. The maximum absolute atomic E-state index is 12.1. The van der Waals surface area contributed by atoms with E-state index in [-0.39, 0.29) is 17.4 Å². The Morgan fingerprint density at radius 3 is 2.90 bits per heavy atom. The van der Waals surface area contributed by atoms with Crippen molar-refractivity contribution >= 4 is 22.7 Å². The number of benzene rings is 1. The van der Waals surface area contributed by atoms with E-state index in [0.717, 1.165) is 36.2 Å². The molecule has 1 unspecified atom stereocenters. The summed E-state index contributed by atoms with van der Waals surface area (Å²) in [6.45, 7) is 7.10. The lowest BCUT2D eigenvalue weighted by Crippen LogP contribution is -2.35. The molecular formula is C16H21N3O2. The monoisotopic (exact) mass is 287 g/mol. The normalized spacial score (nSPS) is 19.1. The maximum atomic E-state index is 12.1. The van der Waals surface area contributed by atoms with Crippen molar-refractivity contribution in [3.8, 4) is 0 Å². The molecule has 0 saturated carbocycles. The molecule has 1 amide bonds. The summed E-state index contributed by atoms with van der Waals surface area (Å²) < 4.78 is 5.76. The third-order valence-corrected chi connectivity index (χ3v) is 3.67. The molecule has 0 bridgehead atoms. The number of nitrogens with zero attached hydrogens (tertiary/aromatic N) is 1. The first-order valence-electron chi connectivity index (χ1n) is 7.39. The van der Waals surface area contributed by atoms with E-state index in [4.69, 9.17) is 4.42 Å². The Morgan fingerprint density at radius 2 is 2.24 bits per heavy atom. The van der Waals surface area contributed by atoms with E-state index in [1.165, 1.54) is 0 Å². The summed E-state index contributed by atoms with van der Waals surface area (Å²) in [5.41, 5.74) is 2.15. The number of hydrogen-bond donors (Lipinski definition) is 2. The van der Waals surface area contributed by atoms with Gasteiger partial charge in [-0.3, -0.25) is 4.79 Å². The van der Waals surface area contributed by atoms with Crippen LogP contribution in [0.4, 0.5) is 5.69 Å². The van der Waals surface area contributed by atoms with Crippen molar-refractivity contribution in [3.63, 3.8) is 0 Å². The Kier molecular flexibility index (Phi) is 3.45. The molecule has 1 fully saturated rings. The van der Waals surface area contributed by atoms with Gasteiger partial charge in [0.15, 0.2) is 5.58 Å². The summed E-state index contributed by atoms with van der Waals surface area (Å²) in [7, 11) is 0. The number of fused-ring (bicyclic) bond motifs is 1. The molecule has 1 aromatic carbocycles. The van der Waals surface area contributed by atoms with E-state index < -0.39 is 0 Å². The van der Waals surface area contributed by atoms with E-state index in [1.807, 2.05) is 18.2 Å². The van der Waals surface area contributed by atoms with Crippen LogP contribution in [0.25, 0.3) is 11.1 Å². The van der Waals surface area contributed by atoms with E-state index in [2.05, 4.69) is 36.4 Å². The van der Waals surface area contributed by atoms with E-state index in [1.54, 1.807) is 0 Å². The molecule has 5 nitrogen and oxygen atoms in total. The molecule has 1 saturated heterocycles. The number of oxazole rings is 1. The molecule has 21 heavy (non-hydrogen) atoms. The Hall–Kier alpha value is -1.88. The van der Waals surface area contributed by atoms with Gasteiger partial charge < -0.3 is 15.1 Å². The summed E-state index contributed by atoms with van der Waals surface area (Å²) in [6.07, 6.45) is 1.95. The second-order valence-electron chi connectivity index (χ2n) is 6.59. The average molecular weight is 287 g/mol. The number of amides is 1. The summed E-state index contributed by atoms with van der Waals surface area (Å²) >= 11 is 0. The second kappa shape index (κ2) is 5.15. The Balaban J connectivity index is 1.82. The molecule has 1 atom stereocenters. The lowest BCUT2D eigenvalue weighted by atomic mass is 9.97. The minimum absolute atomic E-state index is 0.0198. The highest BCUT2D eigenvalue weighted by atomic mass is 16.3. The fourth-order valence-electron chi connectivity index (χ4n) is 2.46. The van der Waals surface area contributed by atoms with Crippen LogP contribution < -0.4 is 10.6 Å². The molecule has 1 aliphatic heterocycles. The molecule has 3 rings (SSSR count). The van der Waals surface area contributed by atoms with Crippen molar-refractivity contribution in [1.29, 1.82) is 0 Å². The van der Waals surface area contributed by atoms with E-state index in [0.29, 0.717) is 5.89 Å². The highest BCUT2D eigenvalue weighted by Gasteiger charge is 2.23. The molecule has 2 N–H and O–H groups in total. The topological polar surface area (TPSA) is 67.2 Å². The minimum atomic E-state index is -0.129. The average Bonchev–Trinajstić information content (AvgIpc) is 3.06. The van der Waals surface area contributed by atoms with Crippen LogP contribution in [0.1, 0.15) is 39.5 Å². The first kappa shape index (κ1) is 14.1. The van der Waals surface area contributed by atoms with Gasteiger partial charge in [-0.1, -0.05) is 20.8 Å². The first-order chi connectivity index (χ1) is 9.93. The third-order valence-electron chi connectivity index (χ3n) is 3.67. The molecule has 5 heteroatoms. The van der Waals surface area contributed by atoms with Gasteiger partial charge in [-0.15, -0.1) is 0 Å². The molecule has 2 aromatic rings. The Morgan fingerprint density at radius 1 is 1.43 bits per heavy atom. The van der Waals surface area contributed by atoms with Gasteiger partial charge in [-0.05, 0) is 37.6 Å². The standard InChI is InChI=1S/C16H21N3O2/c1-16(2,3)15-19-12-9-10(6-7-13(12)21-15)18-14(20)11-5-4-8-17-11/h6-7,9,11,17H,4-5,8H2,1-3H3,(H,18,20). The van der Waals surface area contributed by atoms with Gasteiger partial charge in [0, 0.05) is 11.1 Å². The number of rotatable bonds is 2. The quantitative estimate of drug-likeness (QED) is 0.891. The second-order valence-corrected chi connectivity index (χ2v) is 6.59. The van der Waals surface area contributed by atoms with Crippen LogP contribution in [0.3, 0.4) is 0 Å². The predicted octanol–water partition coefficient (Wildman–Crippen LogP) is 2.82. The first-order valence-corrected chi connectivity index (χ1v) is 7.39. The van der Waals surface area contributed by atoms with Crippen molar-refractivity contribution in [3.05, 3.63) is 24.1 Å². The molecular weight excluding hydrogens is 266 g/mol. The molecule has 2 heterocycles. The molecule has 0 radical (unpaired) electrons. The minimum Gasteiger partial charge on any atom is -0.440 e. The number of carbonyl (C=O) groups excluding carboxylic acids is 1. The van der Waals surface area contributed by atoms with Crippen molar-refractivity contribution in [2.75, 3.05) is 11.9 Å². The molecule has 112 valence electrons. The third kappa shape index (κ3) is 2.93. The zero-order chi connectivity index (χ0) is 15.0. The molecule has 0 aliphatic carbocycles. The van der Waals surface area contributed by atoms with Crippen molar-refractivity contribution in [1.82, 2.24) is 10.3 Å². The van der Waals surface area contributed by atoms with Crippen LogP contribution in [0.15, 0.2) is 22.6 Å².